The van der Waals surface area contributed by atoms with Crippen LogP contribution < -0.4 is 0 Å². The second-order valence-electron chi connectivity index (χ2n) is 6.32. The van der Waals surface area contributed by atoms with Gasteiger partial charge in [0.15, 0.2) is 0 Å². The fraction of sp³-hybridized carbons (Fsp3) is 0.450. The van der Waals surface area contributed by atoms with E-state index >= 15 is 0 Å². The van der Waals surface area contributed by atoms with Crippen LogP contribution in [-0.4, -0.2) is 27.8 Å². The summed E-state index contributed by atoms with van der Waals surface area (Å²) < 4.78 is 8.04. The smallest absolute Gasteiger partial charge is 0.134 e. The molecule has 0 aliphatic rings. The third-order valence-corrected chi connectivity index (χ3v) is 4.70. The van der Waals surface area contributed by atoms with Crippen molar-refractivity contribution in [2.75, 3.05) is 13.1 Å². The summed E-state index contributed by atoms with van der Waals surface area (Å²) in [5, 5.41) is 5.44. The highest BCUT2D eigenvalue weighted by Gasteiger charge is 2.17. The average molecular weight is 325 g/mol. The van der Waals surface area contributed by atoms with Gasteiger partial charge in [0, 0.05) is 24.3 Å². The third-order valence-electron chi connectivity index (χ3n) is 4.70. The molecule has 24 heavy (non-hydrogen) atoms. The van der Waals surface area contributed by atoms with Gasteiger partial charge < -0.3 is 4.42 Å². The minimum absolute atomic E-state index is 0.313. The molecule has 0 fully saturated rings. The van der Waals surface area contributed by atoms with Crippen molar-refractivity contribution in [3.05, 3.63) is 54.6 Å². The van der Waals surface area contributed by atoms with Crippen molar-refractivity contribution in [3.63, 3.8) is 0 Å². The van der Waals surface area contributed by atoms with E-state index in [1.54, 1.807) is 0 Å². The van der Waals surface area contributed by atoms with Gasteiger partial charge in [0.2, 0.25) is 0 Å². The Kier molecular flexibility index (Phi) is 5.70. The highest BCUT2D eigenvalue weighted by atomic mass is 16.3. The molecule has 0 amide bonds. The van der Waals surface area contributed by atoms with Crippen LogP contribution in [0.3, 0.4) is 0 Å². The SMILES string of the molecule is CCN(CCCCCn1cccn1)C(C)c1cc2ccccc2o1. The Hall–Kier alpha value is -2.07. The van der Waals surface area contributed by atoms with Gasteiger partial charge >= 0.3 is 0 Å². The summed E-state index contributed by atoms with van der Waals surface area (Å²) >= 11 is 0. The lowest BCUT2D eigenvalue weighted by molar-refractivity contribution is 0.195. The van der Waals surface area contributed by atoms with Gasteiger partial charge in [-0.15, -0.1) is 0 Å². The Morgan fingerprint density at radius 1 is 1.17 bits per heavy atom. The number of hydrogen-bond acceptors (Lipinski definition) is 3. The molecule has 0 N–H and O–H groups in total. The van der Waals surface area contributed by atoms with Crippen molar-refractivity contribution in [3.8, 4) is 0 Å². The second-order valence-corrected chi connectivity index (χ2v) is 6.32. The molecule has 3 rings (SSSR count). The molecule has 0 spiro atoms. The molecule has 0 saturated carbocycles. The van der Waals surface area contributed by atoms with Crippen LogP contribution in [0.2, 0.25) is 0 Å². The molecule has 4 heteroatoms. The molecule has 2 aromatic heterocycles. The maximum Gasteiger partial charge on any atom is 0.134 e. The summed E-state index contributed by atoms with van der Waals surface area (Å²) in [5.74, 6) is 1.06. The van der Waals surface area contributed by atoms with Crippen LogP contribution in [0.5, 0.6) is 0 Å². The van der Waals surface area contributed by atoms with Crippen LogP contribution in [0, 0.1) is 0 Å². The van der Waals surface area contributed by atoms with Gasteiger partial charge in [-0.05, 0) is 51.1 Å². The molecule has 0 radical (unpaired) electrons. The van der Waals surface area contributed by atoms with Crippen LogP contribution in [0.1, 0.15) is 44.9 Å². The summed E-state index contributed by atoms with van der Waals surface area (Å²) in [4.78, 5) is 2.49. The van der Waals surface area contributed by atoms with E-state index in [4.69, 9.17) is 4.42 Å². The molecule has 0 bridgehead atoms. The summed E-state index contributed by atoms with van der Waals surface area (Å²) in [5.41, 5.74) is 0.981. The van der Waals surface area contributed by atoms with E-state index in [1.165, 1.54) is 24.6 Å². The Labute approximate surface area is 144 Å². The topological polar surface area (TPSA) is 34.2 Å². The minimum Gasteiger partial charge on any atom is -0.459 e. The quantitative estimate of drug-likeness (QED) is 0.526. The Morgan fingerprint density at radius 2 is 2.04 bits per heavy atom. The first-order valence-electron chi connectivity index (χ1n) is 8.98. The highest BCUT2D eigenvalue weighted by molar-refractivity contribution is 5.77. The van der Waals surface area contributed by atoms with Crippen molar-refractivity contribution in [1.29, 1.82) is 0 Å². The normalized spacial score (nSPS) is 13.0. The van der Waals surface area contributed by atoms with Crippen LogP contribution in [0.15, 0.2) is 53.2 Å². The van der Waals surface area contributed by atoms with Crippen LogP contribution in [0.25, 0.3) is 11.0 Å². The average Bonchev–Trinajstić information content (AvgIpc) is 3.26. The van der Waals surface area contributed by atoms with Crippen LogP contribution >= 0.6 is 0 Å². The minimum atomic E-state index is 0.313. The molecule has 4 nitrogen and oxygen atoms in total. The number of rotatable bonds is 9. The first-order valence-corrected chi connectivity index (χ1v) is 8.98. The first-order chi connectivity index (χ1) is 11.8. The van der Waals surface area contributed by atoms with E-state index in [2.05, 4.69) is 42.0 Å². The van der Waals surface area contributed by atoms with Crippen molar-refractivity contribution in [2.45, 2.75) is 45.7 Å². The Bertz CT molecular complexity index is 699. The van der Waals surface area contributed by atoms with E-state index in [-0.39, 0.29) is 0 Å². The zero-order valence-electron chi connectivity index (χ0n) is 14.7. The number of aryl methyl sites for hydroxylation is 1. The van der Waals surface area contributed by atoms with Gasteiger partial charge in [-0.2, -0.15) is 5.10 Å². The fourth-order valence-corrected chi connectivity index (χ4v) is 3.21. The van der Waals surface area contributed by atoms with E-state index in [0.717, 1.165) is 31.0 Å². The van der Waals surface area contributed by atoms with Gasteiger partial charge in [0.1, 0.15) is 11.3 Å². The predicted octanol–water partition coefficient (Wildman–Crippen LogP) is 4.88. The Balaban J connectivity index is 1.49. The number of nitrogens with zero attached hydrogens (tertiary/aromatic N) is 3. The molecule has 3 aromatic rings. The van der Waals surface area contributed by atoms with Gasteiger partial charge in [0.05, 0.1) is 6.04 Å². The van der Waals surface area contributed by atoms with Gasteiger partial charge in [-0.25, -0.2) is 0 Å². The van der Waals surface area contributed by atoms with E-state index in [1.807, 2.05) is 35.3 Å². The maximum atomic E-state index is 6.04. The third kappa shape index (κ3) is 4.06. The highest BCUT2D eigenvalue weighted by Crippen LogP contribution is 2.27. The number of benzene rings is 1. The summed E-state index contributed by atoms with van der Waals surface area (Å²) in [6, 6.07) is 12.7. The summed E-state index contributed by atoms with van der Waals surface area (Å²) in [6.45, 7) is 7.62. The summed E-state index contributed by atoms with van der Waals surface area (Å²) in [6.07, 6.45) is 7.48. The van der Waals surface area contributed by atoms with Gasteiger partial charge in [-0.3, -0.25) is 9.58 Å². The number of aromatic nitrogens is 2. The lowest BCUT2D eigenvalue weighted by Gasteiger charge is -2.26. The molecule has 1 aromatic carbocycles. The molecule has 0 aliphatic carbocycles. The fourth-order valence-electron chi connectivity index (χ4n) is 3.21. The number of unbranched alkanes of at least 4 members (excludes halogenated alkanes) is 2. The first kappa shape index (κ1) is 16.8. The molecule has 128 valence electrons. The number of para-hydroxylation sites is 1. The monoisotopic (exact) mass is 325 g/mol. The van der Waals surface area contributed by atoms with E-state index in [9.17, 15) is 0 Å². The van der Waals surface area contributed by atoms with Crippen molar-refractivity contribution in [2.24, 2.45) is 0 Å². The molecule has 0 saturated heterocycles. The maximum absolute atomic E-state index is 6.04. The number of furan rings is 1. The van der Waals surface area contributed by atoms with Crippen molar-refractivity contribution >= 4 is 11.0 Å². The zero-order chi connectivity index (χ0) is 16.8. The van der Waals surface area contributed by atoms with Crippen LogP contribution in [-0.2, 0) is 6.54 Å². The van der Waals surface area contributed by atoms with E-state index < -0.39 is 0 Å². The Morgan fingerprint density at radius 3 is 2.79 bits per heavy atom. The second kappa shape index (κ2) is 8.15. The predicted molar refractivity (Wildman–Crippen MR) is 98.0 cm³/mol. The van der Waals surface area contributed by atoms with Gasteiger partial charge in [-0.1, -0.05) is 31.5 Å². The van der Waals surface area contributed by atoms with Gasteiger partial charge in [0.25, 0.3) is 0 Å². The lowest BCUT2D eigenvalue weighted by atomic mass is 10.1. The zero-order valence-corrected chi connectivity index (χ0v) is 14.7. The molecular weight excluding hydrogens is 298 g/mol. The van der Waals surface area contributed by atoms with Crippen molar-refractivity contribution < 1.29 is 4.42 Å². The van der Waals surface area contributed by atoms with Crippen LogP contribution in [0.4, 0.5) is 0 Å². The lowest BCUT2D eigenvalue weighted by Crippen LogP contribution is -2.27. The number of fused-ring (bicyclic) bond motifs is 1. The van der Waals surface area contributed by atoms with Crippen molar-refractivity contribution in [1.82, 2.24) is 14.7 Å². The molecule has 1 unspecified atom stereocenters. The molecule has 1 atom stereocenters. The van der Waals surface area contributed by atoms with E-state index in [0.29, 0.717) is 6.04 Å². The standard InChI is InChI=1S/C20H27N3O/c1-3-22(13-7-4-8-14-23-15-9-12-21-23)17(2)20-16-18-10-5-6-11-19(18)24-20/h5-6,9-12,15-17H,3-4,7-8,13-14H2,1-2H3. The number of hydrogen-bond donors (Lipinski definition) is 0. The molecular formula is C20H27N3O. The molecule has 0 aliphatic heterocycles. The molecule has 2 heterocycles. The largest absolute Gasteiger partial charge is 0.459 e. The summed E-state index contributed by atoms with van der Waals surface area (Å²) in [7, 11) is 0.